The zero-order valence-corrected chi connectivity index (χ0v) is 31.1. The van der Waals surface area contributed by atoms with Gasteiger partial charge in [-0.3, -0.25) is 4.79 Å². The number of piperazine rings is 2. The molecule has 2 saturated heterocycles. The third-order valence-corrected chi connectivity index (χ3v) is 10.3. The molecule has 6 aromatic rings. The Morgan fingerprint density at radius 2 is 1.39 bits per heavy atom. The van der Waals surface area contributed by atoms with Gasteiger partial charge < -0.3 is 40.9 Å². The maximum atomic E-state index is 13.1. The van der Waals surface area contributed by atoms with Gasteiger partial charge in [0.25, 0.3) is 5.91 Å². The van der Waals surface area contributed by atoms with E-state index in [1.165, 1.54) is 6.33 Å². The van der Waals surface area contributed by atoms with Crippen LogP contribution in [0, 0.1) is 0 Å². The number of nitrogens with two attached hydrogens (primary N) is 2. The molecule has 3 aromatic heterocycles. The molecule has 2 unspecified atom stereocenters. The maximum Gasteiger partial charge on any atom is 0.272 e. The second kappa shape index (κ2) is 15.4. The fourth-order valence-corrected chi connectivity index (χ4v) is 7.46. The van der Waals surface area contributed by atoms with Crippen LogP contribution in [-0.2, 0) is 0 Å². The van der Waals surface area contributed by atoms with Crippen LogP contribution in [0.5, 0.6) is 17.2 Å². The minimum absolute atomic E-state index is 0.0931. The monoisotopic (exact) mass is 750 g/mol. The molecule has 0 saturated carbocycles. The van der Waals surface area contributed by atoms with Crippen molar-refractivity contribution in [1.82, 2.24) is 35.3 Å². The third-order valence-electron chi connectivity index (χ3n) is 10.3. The number of hydrogen-bond donors (Lipinski definition) is 3. The Labute approximate surface area is 324 Å². The highest BCUT2D eigenvalue weighted by Crippen LogP contribution is 2.37. The summed E-state index contributed by atoms with van der Waals surface area (Å²) in [6.07, 6.45) is 2.96. The van der Waals surface area contributed by atoms with E-state index in [1.54, 1.807) is 24.4 Å². The van der Waals surface area contributed by atoms with Crippen molar-refractivity contribution in [2.75, 3.05) is 65.4 Å². The number of rotatable bonds is 8. The Morgan fingerprint density at radius 3 is 2.07 bits per heavy atom. The molecule has 1 amide bonds. The number of nitrogen functional groups attached to an aromatic ring is 2. The first-order chi connectivity index (χ1) is 27.2. The maximum absolute atomic E-state index is 13.1. The topological polar surface area (TPSA) is 189 Å². The number of carbonyl (C=O) groups is 1. The van der Waals surface area contributed by atoms with E-state index in [0.717, 1.165) is 29.2 Å². The lowest BCUT2D eigenvalue weighted by Gasteiger charge is -2.42. The van der Waals surface area contributed by atoms with Crippen molar-refractivity contribution in [1.29, 1.82) is 0 Å². The lowest BCUT2D eigenvalue weighted by Crippen LogP contribution is -2.54. The van der Waals surface area contributed by atoms with Crippen molar-refractivity contribution in [3.63, 3.8) is 0 Å². The first kappa shape index (κ1) is 36.0. The molecule has 2 atom stereocenters. The standard InChI is InChI=1S/C41H42N12O3/c1-26-23-50(35-21-33(46-48-39(35)42)30-10-3-5-12-37(30)54)16-18-52(26)28-8-7-9-29(20-28)56-38-13-6-4-11-31(38)34-22-36(40(43)49-47-34)51-17-19-53(27(2)24-51)41(55)32-14-15-44-25-45-32/h3-15,20-22,25-27,54H,16-19,23-24H2,1-2H3,(H2,42,48)(H2,43,49). The summed E-state index contributed by atoms with van der Waals surface area (Å²) in [5, 5.41) is 27.7. The van der Waals surface area contributed by atoms with Crippen molar-refractivity contribution >= 4 is 34.6 Å². The highest BCUT2D eigenvalue weighted by molar-refractivity contribution is 5.92. The fraction of sp³-hybridized carbons (Fsp3) is 0.244. The number of benzene rings is 3. The summed E-state index contributed by atoms with van der Waals surface area (Å²) in [6, 6.07) is 28.4. The summed E-state index contributed by atoms with van der Waals surface area (Å²) in [5.74, 6) is 1.99. The van der Waals surface area contributed by atoms with Crippen molar-refractivity contribution in [2.24, 2.45) is 0 Å². The van der Waals surface area contributed by atoms with Crippen molar-refractivity contribution in [3.8, 4) is 39.8 Å². The molecular formula is C41H42N12O3. The lowest BCUT2D eigenvalue weighted by molar-refractivity contribution is 0.0668. The van der Waals surface area contributed by atoms with Crippen LogP contribution < -0.4 is 30.9 Å². The lowest BCUT2D eigenvalue weighted by atomic mass is 10.1. The van der Waals surface area contributed by atoms with E-state index in [4.69, 9.17) is 16.2 Å². The summed E-state index contributed by atoms with van der Waals surface area (Å²) in [4.78, 5) is 29.7. The van der Waals surface area contributed by atoms with E-state index in [1.807, 2.05) is 78.6 Å². The predicted octanol–water partition coefficient (Wildman–Crippen LogP) is 5.12. The molecule has 2 aliphatic heterocycles. The second-order valence-electron chi connectivity index (χ2n) is 14.0. The molecule has 5 N–H and O–H groups in total. The van der Waals surface area contributed by atoms with Gasteiger partial charge in [0.1, 0.15) is 29.3 Å². The fourth-order valence-electron chi connectivity index (χ4n) is 7.46. The van der Waals surface area contributed by atoms with Crippen LogP contribution >= 0.6 is 0 Å². The molecule has 15 heteroatoms. The third kappa shape index (κ3) is 7.25. The number of aromatic hydroxyl groups is 1. The number of nitrogens with zero attached hydrogens (tertiary/aromatic N) is 10. The molecular weight excluding hydrogens is 709 g/mol. The highest BCUT2D eigenvalue weighted by atomic mass is 16.5. The number of amides is 1. The number of phenols is 1. The largest absolute Gasteiger partial charge is 0.507 e. The number of aromatic nitrogens is 6. The van der Waals surface area contributed by atoms with E-state index in [9.17, 15) is 9.90 Å². The van der Waals surface area contributed by atoms with E-state index < -0.39 is 0 Å². The van der Waals surface area contributed by atoms with Crippen LogP contribution in [0.15, 0.2) is 104 Å². The Balaban J connectivity index is 0.968. The SMILES string of the molecule is CC1CN(c2cc(-c3ccccc3Oc3cccc(N4CCN(c5cc(-c6ccccc6O)nnc5N)CC4C)c3)nnc2N)CCN1C(=O)c1ccncn1. The quantitative estimate of drug-likeness (QED) is 0.186. The van der Waals surface area contributed by atoms with Gasteiger partial charge in [-0.1, -0.05) is 30.3 Å². The van der Waals surface area contributed by atoms with Crippen LogP contribution in [-0.4, -0.2) is 97.6 Å². The first-order valence-corrected chi connectivity index (χ1v) is 18.5. The van der Waals surface area contributed by atoms with Crippen molar-refractivity contribution < 1.29 is 14.6 Å². The van der Waals surface area contributed by atoms with E-state index in [0.29, 0.717) is 78.5 Å². The Kier molecular flexibility index (Phi) is 9.88. The van der Waals surface area contributed by atoms with Gasteiger partial charge in [-0.15, -0.1) is 20.4 Å². The number of carbonyl (C=O) groups excluding carboxylic acids is 1. The smallest absolute Gasteiger partial charge is 0.272 e. The van der Waals surface area contributed by atoms with Gasteiger partial charge in [-0.05, 0) is 68.4 Å². The predicted molar refractivity (Wildman–Crippen MR) is 216 cm³/mol. The summed E-state index contributed by atoms with van der Waals surface area (Å²) < 4.78 is 6.56. The summed E-state index contributed by atoms with van der Waals surface area (Å²) in [6.45, 7) is 7.97. The number of para-hydroxylation sites is 2. The van der Waals surface area contributed by atoms with Gasteiger partial charge in [0.05, 0.1) is 22.8 Å². The van der Waals surface area contributed by atoms with E-state index >= 15 is 0 Å². The second-order valence-corrected chi connectivity index (χ2v) is 14.0. The van der Waals surface area contributed by atoms with Crippen LogP contribution in [0.1, 0.15) is 24.3 Å². The van der Waals surface area contributed by atoms with Gasteiger partial charge in [-0.25, -0.2) is 9.97 Å². The zero-order valence-electron chi connectivity index (χ0n) is 31.1. The normalized spacial score (nSPS) is 17.2. The van der Waals surface area contributed by atoms with Crippen molar-refractivity contribution in [2.45, 2.75) is 25.9 Å². The average Bonchev–Trinajstić information content (AvgIpc) is 3.22. The molecule has 3 aromatic carbocycles. The molecule has 8 rings (SSSR count). The van der Waals surface area contributed by atoms with Crippen LogP contribution in [0.3, 0.4) is 0 Å². The Hall–Kier alpha value is -7.03. The Morgan fingerprint density at radius 1 is 0.732 bits per heavy atom. The zero-order chi connectivity index (χ0) is 38.8. The molecule has 284 valence electrons. The molecule has 0 spiro atoms. The average molecular weight is 751 g/mol. The molecule has 2 fully saturated rings. The molecule has 5 heterocycles. The number of anilines is 5. The van der Waals surface area contributed by atoms with Gasteiger partial charge in [0, 0.05) is 80.4 Å². The minimum Gasteiger partial charge on any atom is -0.507 e. The van der Waals surface area contributed by atoms with Crippen LogP contribution in [0.2, 0.25) is 0 Å². The molecule has 15 nitrogen and oxygen atoms in total. The first-order valence-electron chi connectivity index (χ1n) is 18.5. The summed E-state index contributed by atoms with van der Waals surface area (Å²) >= 11 is 0. The molecule has 0 aliphatic carbocycles. The van der Waals surface area contributed by atoms with E-state index in [-0.39, 0.29) is 23.7 Å². The molecule has 0 bridgehead atoms. The highest BCUT2D eigenvalue weighted by Gasteiger charge is 2.31. The summed E-state index contributed by atoms with van der Waals surface area (Å²) in [7, 11) is 0. The number of phenolic OH excluding ortho intramolecular Hbond substituents is 1. The van der Waals surface area contributed by atoms with Crippen LogP contribution in [0.4, 0.5) is 28.7 Å². The van der Waals surface area contributed by atoms with Gasteiger partial charge in [0.2, 0.25) is 0 Å². The Bertz CT molecular complexity index is 2360. The molecule has 0 radical (unpaired) electrons. The van der Waals surface area contributed by atoms with Gasteiger partial charge >= 0.3 is 0 Å². The molecule has 56 heavy (non-hydrogen) atoms. The van der Waals surface area contributed by atoms with Gasteiger partial charge in [0.15, 0.2) is 11.6 Å². The van der Waals surface area contributed by atoms with Crippen molar-refractivity contribution in [3.05, 3.63) is 109 Å². The van der Waals surface area contributed by atoms with Crippen LogP contribution in [0.25, 0.3) is 22.5 Å². The summed E-state index contributed by atoms with van der Waals surface area (Å²) in [5.41, 5.74) is 18.2. The minimum atomic E-state index is -0.124. The number of hydrogen-bond acceptors (Lipinski definition) is 14. The van der Waals surface area contributed by atoms with Gasteiger partial charge in [-0.2, -0.15) is 0 Å². The number of ether oxygens (including phenoxy) is 1. The molecule has 2 aliphatic rings. The van der Waals surface area contributed by atoms with E-state index in [2.05, 4.69) is 58.1 Å².